The van der Waals surface area contributed by atoms with Gasteiger partial charge in [-0.15, -0.1) is 0 Å². The molecule has 0 saturated heterocycles. The maximum absolute atomic E-state index is 8.89. The van der Waals surface area contributed by atoms with Crippen LogP contribution in [-0.2, 0) is 30.0 Å². The molecule has 5 rings (SSSR count). The van der Waals surface area contributed by atoms with Crippen LogP contribution >= 0.6 is 15.8 Å². The second-order valence-corrected chi connectivity index (χ2v) is 14.9. The van der Waals surface area contributed by atoms with Crippen LogP contribution in [0.15, 0.2) is 127 Å². The molecule has 276 valence electrons. The molecule has 0 aliphatic heterocycles. The Bertz CT molecular complexity index is 1610. The first kappa shape index (κ1) is 43.7. The van der Waals surface area contributed by atoms with Gasteiger partial charge in [0.05, 0.1) is 28.4 Å². The average molecular weight is 834 g/mol. The van der Waals surface area contributed by atoms with Crippen molar-refractivity contribution in [3.63, 3.8) is 0 Å². The van der Waals surface area contributed by atoms with Crippen LogP contribution in [0.25, 0.3) is 0 Å². The van der Waals surface area contributed by atoms with E-state index in [1.807, 2.05) is 48.5 Å². The minimum atomic E-state index is -1.08. The maximum Gasteiger partial charge on any atom is 2.00 e. The van der Waals surface area contributed by atoms with Crippen molar-refractivity contribution in [2.75, 3.05) is 45.9 Å². The van der Waals surface area contributed by atoms with Crippen LogP contribution in [0.2, 0.25) is 0 Å². The van der Waals surface area contributed by atoms with Crippen molar-refractivity contribution >= 4 is 54.7 Å². The van der Waals surface area contributed by atoms with Crippen LogP contribution in [0.1, 0.15) is 13.8 Å². The summed E-state index contributed by atoms with van der Waals surface area (Å²) in [6.07, 6.45) is 1.51. The topological polar surface area (TPSA) is 120 Å². The molecule has 12 heteroatoms. The van der Waals surface area contributed by atoms with Crippen molar-refractivity contribution in [2.45, 2.75) is 13.8 Å². The Labute approximate surface area is 322 Å². The largest absolute Gasteiger partial charge is 2.00 e. The number of carbonyl (C=O) groups excluding carboxylic acids is 2. The molecule has 5 aromatic rings. The third-order valence-corrected chi connectivity index (χ3v) is 12.3. The Balaban J connectivity index is 0.000000945. The van der Waals surface area contributed by atoms with Crippen molar-refractivity contribution in [1.82, 2.24) is 0 Å². The molecule has 0 fully saturated rings. The summed E-state index contributed by atoms with van der Waals surface area (Å²) in [7, 11) is 5.10. The van der Waals surface area contributed by atoms with E-state index >= 15 is 0 Å². The quantitative estimate of drug-likeness (QED) is 0.127. The number of anilines is 1. The summed E-state index contributed by atoms with van der Waals surface area (Å²) in [5.74, 6) is 1.35. The molecule has 0 aliphatic carbocycles. The maximum atomic E-state index is 8.89. The minimum Gasteiger partial charge on any atom is -0.550 e. The molecular weight excluding hydrogens is 791 g/mol. The van der Waals surface area contributed by atoms with E-state index in [-0.39, 0.29) is 20.4 Å². The summed E-state index contributed by atoms with van der Waals surface area (Å²) in [6, 6.07) is 44.0. The van der Waals surface area contributed by atoms with Crippen LogP contribution in [0.4, 0.5) is 5.69 Å². The normalized spacial score (nSPS) is 10.0. The van der Waals surface area contributed by atoms with Gasteiger partial charge in [-0.3, -0.25) is 0 Å². The van der Waals surface area contributed by atoms with Gasteiger partial charge in [0.15, 0.2) is 0 Å². The standard InChI is InChI=1S/C36H37NO4P2.2C2H4O2.Pd/c1-38-29-18-8-12-22-33(29)42(34-23-13-9-19-30(34)39-2)26-37(28-16-6-5-7-17-28)27-43(35-24-14-10-20-31(35)40-3)36-25-15-11-21-32(36)41-4;2*1-2(3)4;/h5-25H,26-27H2,1-4H3;2*1H3,(H,3,4);/q;;;+2/p-2. The Morgan fingerprint density at radius 1 is 0.481 bits per heavy atom. The van der Waals surface area contributed by atoms with Gasteiger partial charge < -0.3 is 43.6 Å². The first-order chi connectivity index (χ1) is 24.6. The molecule has 0 atom stereocenters. The van der Waals surface area contributed by atoms with Gasteiger partial charge in [-0.2, -0.15) is 0 Å². The van der Waals surface area contributed by atoms with E-state index in [1.165, 1.54) is 21.2 Å². The number of carboxylic acids is 2. The number of para-hydroxylation sites is 5. The number of aliphatic carboxylic acids is 2. The van der Waals surface area contributed by atoms with Gasteiger partial charge in [-0.05, 0) is 66.1 Å². The molecule has 52 heavy (non-hydrogen) atoms. The second kappa shape index (κ2) is 23.2. The van der Waals surface area contributed by atoms with Gasteiger partial charge in [0.2, 0.25) is 0 Å². The first-order valence-corrected chi connectivity index (χ1v) is 18.9. The zero-order valence-corrected chi connectivity index (χ0v) is 33.3. The van der Waals surface area contributed by atoms with Crippen LogP contribution in [-0.4, -0.2) is 52.9 Å². The number of hydrogen-bond acceptors (Lipinski definition) is 9. The molecule has 0 bridgehead atoms. The van der Waals surface area contributed by atoms with Gasteiger partial charge in [-0.25, -0.2) is 0 Å². The van der Waals surface area contributed by atoms with E-state index < -0.39 is 27.8 Å². The summed E-state index contributed by atoms with van der Waals surface area (Å²) >= 11 is 0. The van der Waals surface area contributed by atoms with E-state index in [1.54, 1.807) is 28.4 Å². The van der Waals surface area contributed by atoms with Crippen LogP contribution in [0.3, 0.4) is 0 Å². The Morgan fingerprint density at radius 2 is 0.712 bits per heavy atom. The molecule has 0 aliphatic rings. The van der Waals surface area contributed by atoms with Gasteiger partial charge in [0.25, 0.3) is 0 Å². The summed E-state index contributed by atoms with van der Waals surface area (Å²) in [5.41, 5.74) is 1.15. The number of carboxylic acid groups (broad SMARTS) is 2. The summed E-state index contributed by atoms with van der Waals surface area (Å²) in [5, 5.41) is 22.5. The number of rotatable bonds is 13. The van der Waals surface area contributed by atoms with Crippen molar-refractivity contribution < 1.29 is 59.2 Å². The van der Waals surface area contributed by atoms with Crippen molar-refractivity contribution in [1.29, 1.82) is 0 Å². The number of nitrogens with zero attached hydrogens (tertiary/aromatic N) is 1. The molecule has 0 aromatic heterocycles. The summed E-state index contributed by atoms with van der Waals surface area (Å²) < 4.78 is 23.7. The fourth-order valence-corrected chi connectivity index (χ4v) is 10.5. The van der Waals surface area contributed by atoms with Gasteiger partial charge in [0.1, 0.15) is 23.0 Å². The zero-order valence-electron chi connectivity index (χ0n) is 30.0. The smallest absolute Gasteiger partial charge is 0.550 e. The average Bonchev–Trinajstić information content (AvgIpc) is 3.15. The molecule has 9 nitrogen and oxygen atoms in total. The molecule has 0 N–H and O–H groups in total. The van der Waals surface area contributed by atoms with Crippen LogP contribution < -0.4 is 55.3 Å². The summed E-state index contributed by atoms with van der Waals surface area (Å²) in [4.78, 5) is 20.3. The van der Waals surface area contributed by atoms with Crippen molar-refractivity contribution in [3.8, 4) is 23.0 Å². The molecular formula is C40H43NO8P2Pd. The Kier molecular flexibility index (Phi) is 19.5. The monoisotopic (exact) mass is 833 g/mol. The number of methoxy groups -OCH3 is 4. The van der Waals surface area contributed by atoms with E-state index in [4.69, 9.17) is 38.7 Å². The van der Waals surface area contributed by atoms with Crippen molar-refractivity contribution in [2.24, 2.45) is 0 Å². The van der Waals surface area contributed by atoms with E-state index in [2.05, 4.69) is 83.8 Å². The number of benzene rings is 5. The zero-order chi connectivity index (χ0) is 37.2. The number of ether oxygens (including phenoxy) is 4. The third kappa shape index (κ3) is 13.0. The Hall–Kier alpha value is -4.44. The van der Waals surface area contributed by atoms with E-state index in [0.717, 1.165) is 55.1 Å². The molecule has 0 radical (unpaired) electrons. The predicted octanol–water partition coefficient (Wildman–Crippen LogP) is 4.22. The minimum absolute atomic E-state index is 0. The van der Waals surface area contributed by atoms with Gasteiger partial charge >= 0.3 is 20.4 Å². The fourth-order valence-electron chi connectivity index (χ4n) is 5.16. The predicted molar refractivity (Wildman–Crippen MR) is 204 cm³/mol. The molecule has 0 unspecified atom stereocenters. The van der Waals surface area contributed by atoms with Crippen LogP contribution in [0, 0.1) is 0 Å². The van der Waals surface area contributed by atoms with Crippen molar-refractivity contribution in [3.05, 3.63) is 127 Å². The van der Waals surface area contributed by atoms with Gasteiger partial charge in [0, 0.05) is 51.4 Å². The number of carbonyl (C=O) groups is 2. The molecule has 0 heterocycles. The Morgan fingerprint density at radius 3 is 0.962 bits per heavy atom. The molecule has 5 aromatic carbocycles. The van der Waals surface area contributed by atoms with E-state index in [9.17, 15) is 0 Å². The molecule has 0 amide bonds. The second-order valence-electron chi connectivity index (χ2n) is 10.7. The van der Waals surface area contributed by atoms with Crippen LogP contribution in [0.5, 0.6) is 23.0 Å². The first-order valence-electron chi connectivity index (χ1n) is 15.9. The SMILES string of the molecule is CC(=O)[O-].CC(=O)[O-].COc1ccccc1P(CN(CP(c1ccccc1OC)c1ccccc1OC)c1ccccc1)c1ccccc1OC.[Pd+2]. The molecule has 0 spiro atoms. The van der Waals surface area contributed by atoms with E-state index in [0.29, 0.717) is 0 Å². The third-order valence-electron chi connectivity index (χ3n) is 7.25. The number of hydrogen-bond donors (Lipinski definition) is 0. The van der Waals surface area contributed by atoms with Gasteiger partial charge in [-0.1, -0.05) is 91.0 Å². The fraction of sp³-hybridized carbons (Fsp3) is 0.200. The summed E-state index contributed by atoms with van der Waals surface area (Å²) in [6.45, 7) is 1.94. The molecule has 0 saturated carbocycles.